The first-order valence-electron chi connectivity index (χ1n) is 10.6. The second-order valence-electron chi connectivity index (χ2n) is 7.43. The first kappa shape index (κ1) is 22.3. The monoisotopic (exact) mass is 421 g/mol. The van der Waals surface area contributed by atoms with E-state index in [1.807, 2.05) is 30.3 Å². The standard InChI is InChI=1S/C25H27NO5/c1-2-3-4-6-22(31-17-27)13-14-30-24-8-5-7-23(26-24)20-11-9-19-16-21(25(28)29)12-10-18(19)15-20/h5,7-12,15-17,22H,2-4,6,13-14H2,1H3,(H,28,29). The number of carbonyl (C=O) groups excluding carboxylic acids is 1. The van der Waals surface area contributed by atoms with E-state index in [-0.39, 0.29) is 11.7 Å². The molecule has 0 aliphatic carbocycles. The molecule has 0 bridgehead atoms. The van der Waals surface area contributed by atoms with Crippen LogP contribution >= 0.6 is 0 Å². The van der Waals surface area contributed by atoms with Crippen molar-refractivity contribution in [1.29, 1.82) is 0 Å². The maximum absolute atomic E-state index is 11.2. The van der Waals surface area contributed by atoms with E-state index < -0.39 is 5.97 Å². The Morgan fingerprint density at radius 1 is 1.06 bits per heavy atom. The van der Waals surface area contributed by atoms with Crippen molar-refractivity contribution in [2.45, 2.75) is 45.1 Å². The Morgan fingerprint density at radius 3 is 2.65 bits per heavy atom. The molecule has 0 radical (unpaired) electrons. The van der Waals surface area contributed by atoms with Gasteiger partial charge >= 0.3 is 5.97 Å². The molecule has 1 aromatic heterocycles. The number of aromatic nitrogens is 1. The van der Waals surface area contributed by atoms with Crippen LogP contribution in [0.3, 0.4) is 0 Å². The summed E-state index contributed by atoms with van der Waals surface area (Å²) in [4.78, 5) is 26.5. The molecule has 3 aromatic rings. The third-order valence-corrected chi connectivity index (χ3v) is 5.17. The SMILES string of the molecule is CCCCCC(CCOc1cccc(-c2ccc3cc(C(=O)O)ccc3c2)n1)OC=O. The highest BCUT2D eigenvalue weighted by Gasteiger charge is 2.10. The highest BCUT2D eigenvalue weighted by atomic mass is 16.5. The Morgan fingerprint density at radius 2 is 1.87 bits per heavy atom. The Bertz CT molecular complexity index is 1030. The number of pyridine rings is 1. The molecule has 0 saturated heterocycles. The van der Waals surface area contributed by atoms with E-state index in [4.69, 9.17) is 14.6 Å². The summed E-state index contributed by atoms with van der Waals surface area (Å²) in [6.07, 6.45) is 4.59. The van der Waals surface area contributed by atoms with Crippen molar-refractivity contribution in [2.24, 2.45) is 0 Å². The largest absolute Gasteiger partial charge is 0.478 e. The van der Waals surface area contributed by atoms with Crippen molar-refractivity contribution < 1.29 is 24.2 Å². The van der Waals surface area contributed by atoms with E-state index >= 15 is 0 Å². The highest BCUT2D eigenvalue weighted by molar-refractivity contribution is 5.95. The lowest BCUT2D eigenvalue weighted by Gasteiger charge is -2.15. The molecule has 2 aromatic carbocycles. The van der Waals surface area contributed by atoms with Crippen LogP contribution in [0.2, 0.25) is 0 Å². The minimum atomic E-state index is -0.941. The van der Waals surface area contributed by atoms with Crippen LogP contribution in [0.15, 0.2) is 54.6 Å². The van der Waals surface area contributed by atoms with Crippen LogP contribution in [0, 0.1) is 0 Å². The van der Waals surface area contributed by atoms with Crippen molar-refractivity contribution >= 4 is 23.2 Å². The number of hydrogen-bond donors (Lipinski definition) is 1. The summed E-state index contributed by atoms with van der Waals surface area (Å²) in [5.74, 6) is -0.430. The number of nitrogens with zero attached hydrogens (tertiary/aromatic N) is 1. The summed E-state index contributed by atoms with van der Waals surface area (Å²) >= 11 is 0. The van der Waals surface area contributed by atoms with E-state index in [0.29, 0.717) is 25.4 Å². The van der Waals surface area contributed by atoms with Gasteiger partial charge in [-0.05, 0) is 47.9 Å². The Kier molecular flexibility index (Phi) is 7.98. The summed E-state index contributed by atoms with van der Waals surface area (Å²) in [6, 6.07) is 16.4. The highest BCUT2D eigenvalue weighted by Crippen LogP contribution is 2.25. The maximum atomic E-state index is 11.2. The molecule has 31 heavy (non-hydrogen) atoms. The molecule has 0 aliphatic heterocycles. The lowest BCUT2D eigenvalue weighted by atomic mass is 10.0. The van der Waals surface area contributed by atoms with Crippen LogP contribution in [0.4, 0.5) is 0 Å². The number of fused-ring (bicyclic) bond motifs is 1. The van der Waals surface area contributed by atoms with Crippen molar-refractivity contribution in [2.75, 3.05) is 6.61 Å². The molecule has 1 N–H and O–H groups in total. The summed E-state index contributed by atoms with van der Waals surface area (Å²) in [5, 5.41) is 11.0. The Hall–Kier alpha value is -3.41. The minimum Gasteiger partial charge on any atom is -0.478 e. The average molecular weight is 421 g/mol. The van der Waals surface area contributed by atoms with Gasteiger partial charge < -0.3 is 14.6 Å². The number of carboxylic acid groups (broad SMARTS) is 1. The molecule has 3 rings (SSSR count). The van der Waals surface area contributed by atoms with Gasteiger partial charge in [-0.25, -0.2) is 9.78 Å². The Balaban J connectivity index is 1.66. The average Bonchev–Trinajstić information content (AvgIpc) is 2.78. The third-order valence-electron chi connectivity index (χ3n) is 5.17. The minimum absolute atomic E-state index is 0.136. The summed E-state index contributed by atoms with van der Waals surface area (Å²) < 4.78 is 11.0. The lowest BCUT2D eigenvalue weighted by molar-refractivity contribution is -0.134. The maximum Gasteiger partial charge on any atom is 0.335 e. The number of rotatable bonds is 12. The molecule has 0 fully saturated rings. The Labute approximate surface area is 181 Å². The summed E-state index contributed by atoms with van der Waals surface area (Å²) in [5.41, 5.74) is 1.95. The van der Waals surface area contributed by atoms with Crippen LogP contribution in [0.1, 0.15) is 49.4 Å². The van der Waals surface area contributed by atoms with Gasteiger partial charge in [0, 0.05) is 18.1 Å². The third kappa shape index (κ3) is 6.28. The molecule has 162 valence electrons. The van der Waals surface area contributed by atoms with Crippen molar-refractivity contribution in [1.82, 2.24) is 4.98 Å². The van der Waals surface area contributed by atoms with Crippen LogP contribution in [0.5, 0.6) is 5.88 Å². The zero-order valence-electron chi connectivity index (χ0n) is 17.6. The molecule has 0 aliphatic rings. The van der Waals surface area contributed by atoms with Crippen LogP contribution in [-0.2, 0) is 9.53 Å². The fourth-order valence-corrected chi connectivity index (χ4v) is 3.47. The van der Waals surface area contributed by atoms with Gasteiger partial charge in [0.15, 0.2) is 0 Å². The van der Waals surface area contributed by atoms with Crippen LogP contribution in [0.25, 0.3) is 22.0 Å². The number of benzene rings is 2. The predicted octanol–water partition coefficient (Wildman–Crippen LogP) is 5.49. The van der Waals surface area contributed by atoms with Gasteiger partial charge in [0.25, 0.3) is 6.47 Å². The molecular formula is C25H27NO5. The molecule has 1 atom stereocenters. The summed E-state index contributed by atoms with van der Waals surface area (Å²) in [6.45, 7) is 3.06. The first-order valence-corrected chi connectivity index (χ1v) is 10.6. The van der Waals surface area contributed by atoms with Gasteiger partial charge in [0.1, 0.15) is 6.10 Å². The first-order chi connectivity index (χ1) is 15.1. The van der Waals surface area contributed by atoms with Gasteiger partial charge in [-0.15, -0.1) is 0 Å². The van der Waals surface area contributed by atoms with Crippen molar-refractivity contribution in [3.05, 3.63) is 60.2 Å². The predicted molar refractivity (Wildman–Crippen MR) is 119 cm³/mol. The number of unbranched alkanes of at least 4 members (excludes halogenated alkanes) is 2. The second-order valence-corrected chi connectivity index (χ2v) is 7.43. The molecule has 6 heteroatoms. The van der Waals surface area contributed by atoms with Gasteiger partial charge in [0.05, 0.1) is 17.9 Å². The number of ether oxygens (including phenoxy) is 2. The lowest BCUT2D eigenvalue weighted by Crippen LogP contribution is -2.16. The smallest absolute Gasteiger partial charge is 0.335 e. The zero-order chi connectivity index (χ0) is 22.1. The van der Waals surface area contributed by atoms with Gasteiger partial charge in [-0.2, -0.15) is 0 Å². The van der Waals surface area contributed by atoms with E-state index in [0.717, 1.165) is 47.7 Å². The molecule has 0 spiro atoms. The van der Waals surface area contributed by atoms with Gasteiger partial charge in [0.2, 0.25) is 5.88 Å². The molecule has 1 heterocycles. The van der Waals surface area contributed by atoms with Crippen molar-refractivity contribution in [3.8, 4) is 17.1 Å². The second kappa shape index (κ2) is 11.1. The zero-order valence-corrected chi connectivity index (χ0v) is 17.6. The number of carbonyl (C=O) groups is 2. The van der Waals surface area contributed by atoms with Crippen molar-refractivity contribution in [3.63, 3.8) is 0 Å². The molecule has 6 nitrogen and oxygen atoms in total. The normalized spacial score (nSPS) is 11.8. The molecule has 1 unspecified atom stereocenters. The molecule has 0 saturated carbocycles. The van der Waals surface area contributed by atoms with E-state index in [1.54, 1.807) is 24.3 Å². The number of hydrogen-bond acceptors (Lipinski definition) is 5. The summed E-state index contributed by atoms with van der Waals surface area (Å²) in [7, 11) is 0. The molecular weight excluding hydrogens is 394 g/mol. The van der Waals surface area contributed by atoms with Gasteiger partial charge in [-0.1, -0.05) is 44.0 Å². The fourth-order valence-electron chi connectivity index (χ4n) is 3.47. The fraction of sp³-hybridized carbons (Fsp3) is 0.320. The molecule has 0 amide bonds. The number of carboxylic acids is 1. The van der Waals surface area contributed by atoms with Crippen LogP contribution < -0.4 is 4.74 Å². The number of aromatic carboxylic acids is 1. The van der Waals surface area contributed by atoms with Gasteiger partial charge in [-0.3, -0.25) is 4.79 Å². The topological polar surface area (TPSA) is 85.7 Å². The van der Waals surface area contributed by atoms with Crippen LogP contribution in [-0.4, -0.2) is 35.2 Å². The van der Waals surface area contributed by atoms with E-state index in [2.05, 4.69) is 11.9 Å². The quantitative estimate of drug-likeness (QED) is 0.307. The van der Waals surface area contributed by atoms with E-state index in [1.165, 1.54) is 0 Å². The van der Waals surface area contributed by atoms with E-state index in [9.17, 15) is 9.59 Å².